The van der Waals surface area contributed by atoms with Crippen molar-refractivity contribution in [1.82, 2.24) is 5.32 Å². The van der Waals surface area contributed by atoms with Crippen LogP contribution < -0.4 is 5.32 Å². The van der Waals surface area contributed by atoms with E-state index in [4.69, 9.17) is 26.6 Å². The van der Waals surface area contributed by atoms with Crippen LogP contribution in [-0.2, 0) is 26.6 Å². The zero-order chi connectivity index (χ0) is 22.2. The first-order valence-electron chi connectivity index (χ1n) is 11.5. The van der Waals surface area contributed by atoms with Crippen LogP contribution in [0.25, 0.3) is 0 Å². The highest BCUT2D eigenvalue weighted by Crippen LogP contribution is 2.30. The van der Waals surface area contributed by atoms with Gasteiger partial charge < -0.3 is 31.9 Å². The minimum absolute atomic E-state index is 0.246. The molecule has 9 heteroatoms. The Labute approximate surface area is 181 Å². The van der Waals surface area contributed by atoms with Gasteiger partial charge in [-0.15, -0.1) is 0 Å². The maximum Gasteiger partial charge on any atom is 0.503 e. The molecule has 2 unspecified atom stereocenters. The van der Waals surface area contributed by atoms with Crippen molar-refractivity contribution in [2.24, 2.45) is 0 Å². The van der Waals surface area contributed by atoms with Gasteiger partial charge in [0.1, 0.15) is 0 Å². The number of hydrogen-bond acceptors (Lipinski definition) is 7. The third-order valence-corrected chi connectivity index (χ3v) is 11.9. The second-order valence-electron chi connectivity index (χ2n) is 6.93. The Balaban J connectivity index is 4.62. The molecule has 0 heterocycles. The van der Waals surface area contributed by atoms with Crippen LogP contribution in [0.1, 0.15) is 68.2 Å². The number of nitrogens with one attached hydrogen (secondary N) is 1. The van der Waals surface area contributed by atoms with E-state index in [-0.39, 0.29) is 11.1 Å². The standard InChI is InChI=1S/C20H47NO6Si2/c1-9-22-28(23-10-2,24-11-3)19(7)15-17-21-18-16-20(8)29(25-12-4,26-13-5)27-14-6/h19-21H,9-18H2,1-8H3. The van der Waals surface area contributed by atoms with Crippen LogP contribution in [-0.4, -0.2) is 70.3 Å². The van der Waals surface area contributed by atoms with Crippen LogP contribution in [0.3, 0.4) is 0 Å². The van der Waals surface area contributed by atoms with E-state index < -0.39 is 17.6 Å². The second-order valence-corrected chi connectivity index (χ2v) is 13.1. The SMILES string of the molecule is CCO[Si](OCC)(OCC)C(C)CCNCCC(C)[Si](OCC)(OCC)OCC. The van der Waals surface area contributed by atoms with E-state index in [0.717, 1.165) is 25.9 Å². The van der Waals surface area contributed by atoms with Crippen molar-refractivity contribution in [3.05, 3.63) is 0 Å². The van der Waals surface area contributed by atoms with E-state index >= 15 is 0 Å². The fourth-order valence-corrected chi connectivity index (χ4v) is 9.04. The lowest BCUT2D eigenvalue weighted by molar-refractivity contribution is 0.0615. The highest BCUT2D eigenvalue weighted by Gasteiger charge is 2.47. The summed E-state index contributed by atoms with van der Waals surface area (Å²) in [6.45, 7) is 21.8. The van der Waals surface area contributed by atoms with E-state index in [1.165, 1.54) is 0 Å². The smallest absolute Gasteiger partial charge is 0.374 e. The van der Waals surface area contributed by atoms with Gasteiger partial charge in [0.25, 0.3) is 0 Å². The summed E-state index contributed by atoms with van der Waals surface area (Å²) in [4.78, 5) is 0. The molecule has 0 bridgehead atoms. The minimum atomic E-state index is -2.64. The van der Waals surface area contributed by atoms with Crippen LogP contribution >= 0.6 is 0 Å². The monoisotopic (exact) mass is 453 g/mol. The predicted molar refractivity (Wildman–Crippen MR) is 122 cm³/mol. The van der Waals surface area contributed by atoms with Crippen molar-refractivity contribution in [3.8, 4) is 0 Å². The molecule has 176 valence electrons. The van der Waals surface area contributed by atoms with E-state index in [9.17, 15) is 0 Å². The molecule has 0 saturated carbocycles. The number of rotatable bonds is 20. The molecule has 0 spiro atoms. The Hall–Kier alpha value is 0.154. The highest BCUT2D eigenvalue weighted by molar-refractivity contribution is 6.62. The van der Waals surface area contributed by atoms with E-state index in [2.05, 4.69) is 19.2 Å². The topological polar surface area (TPSA) is 67.4 Å². The zero-order valence-corrected chi connectivity index (χ0v) is 22.2. The molecule has 0 aromatic heterocycles. The van der Waals surface area contributed by atoms with Gasteiger partial charge in [0.05, 0.1) is 0 Å². The molecule has 0 aromatic carbocycles. The molecule has 0 rings (SSSR count). The third-order valence-electron chi connectivity index (χ3n) is 4.79. The summed E-state index contributed by atoms with van der Waals surface area (Å²) < 4.78 is 36.1. The van der Waals surface area contributed by atoms with Gasteiger partial charge in [-0.05, 0) is 67.5 Å². The van der Waals surface area contributed by atoms with Gasteiger partial charge in [-0.1, -0.05) is 13.8 Å². The molecule has 1 N–H and O–H groups in total. The van der Waals surface area contributed by atoms with Crippen molar-refractivity contribution in [3.63, 3.8) is 0 Å². The summed E-state index contributed by atoms with van der Waals surface area (Å²) in [6.07, 6.45) is 1.90. The normalized spacial score (nSPS) is 14.9. The average Bonchev–Trinajstić information content (AvgIpc) is 2.68. The Kier molecular flexibility index (Phi) is 16.9. The summed E-state index contributed by atoms with van der Waals surface area (Å²) in [7, 11) is -5.27. The minimum Gasteiger partial charge on any atom is -0.374 e. The van der Waals surface area contributed by atoms with Gasteiger partial charge in [-0.3, -0.25) is 0 Å². The highest BCUT2D eigenvalue weighted by atomic mass is 28.4. The molecule has 0 saturated heterocycles. The van der Waals surface area contributed by atoms with E-state index in [1.807, 2.05) is 41.5 Å². The van der Waals surface area contributed by atoms with E-state index in [0.29, 0.717) is 39.6 Å². The molecule has 0 fully saturated rings. The molecule has 0 radical (unpaired) electrons. The molecular weight excluding hydrogens is 406 g/mol. The summed E-state index contributed by atoms with van der Waals surface area (Å²) >= 11 is 0. The van der Waals surface area contributed by atoms with E-state index in [1.54, 1.807) is 0 Å². The zero-order valence-electron chi connectivity index (χ0n) is 20.2. The fourth-order valence-electron chi connectivity index (χ4n) is 3.43. The van der Waals surface area contributed by atoms with Crippen LogP contribution in [0.4, 0.5) is 0 Å². The molecular formula is C20H47NO6Si2. The van der Waals surface area contributed by atoms with Gasteiger partial charge in [0.15, 0.2) is 0 Å². The largest absolute Gasteiger partial charge is 0.503 e. The lowest BCUT2D eigenvalue weighted by Gasteiger charge is -2.34. The van der Waals surface area contributed by atoms with Crippen LogP contribution in [0.5, 0.6) is 0 Å². The van der Waals surface area contributed by atoms with Crippen molar-refractivity contribution in [2.45, 2.75) is 79.3 Å². The predicted octanol–water partition coefficient (Wildman–Crippen LogP) is 4.23. The molecule has 0 aliphatic rings. The van der Waals surface area contributed by atoms with Gasteiger partial charge in [-0.25, -0.2) is 0 Å². The Morgan fingerprint density at radius 3 is 0.966 bits per heavy atom. The molecule has 29 heavy (non-hydrogen) atoms. The molecule has 0 aliphatic carbocycles. The first-order chi connectivity index (χ1) is 13.9. The Bertz CT molecular complexity index is 324. The second kappa shape index (κ2) is 16.8. The summed E-state index contributed by atoms with van der Waals surface area (Å²) in [6, 6.07) is 0. The van der Waals surface area contributed by atoms with Gasteiger partial charge in [0, 0.05) is 50.7 Å². The maximum absolute atomic E-state index is 6.02. The van der Waals surface area contributed by atoms with Crippen LogP contribution in [0.2, 0.25) is 11.1 Å². The molecule has 0 aliphatic heterocycles. The Morgan fingerprint density at radius 2 is 0.759 bits per heavy atom. The van der Waals surface area contributed by atoms with Gasteiger partial charge >= 0.3 is 17.6 Å². The lowest BCUT2D eigenvalue weighted by atomic mass is 10.3. The summed E-state index contributed by atoms with van der Waals surface area (Å²) in [5.74, 6) is 0. The first kappa shape index (κ1) is 29.2. The number of hydrogen-bond donors (Lipinski definition) is 1. The van der Waals surface area contributed by atoms with Gasteiger partial charge in [0.2, 0.25) is 0 Å². The maximum atomic E-state index is 6.02. The lowest BCUT2D eigenvalue weighted by Crippen LogP contribution is -2.50. The average molecular weight is 454 g/mol. The van der Waals surface area contributed by atoms with Crippen molar-refractivity contribution >= 4 is 17.6 Å². The van der Waals surface area contributed by atoms with Gasteiger partial charge in [-0.2, -0.15) is 0 Å². The Morgan fingerprint density at radius 1 is 0.517 bits per heavy atom. The van der Waals surface area contributed by atoms with Crippen LogP contribution in [0.15, 0.2) is 0 Å². The molecule has 7 nitrogen and oxygen atoms in total. The van der Waals surface area contributed by atoms with Crippen molar-refractivity contribution in [2.75, 3.05) is 52.7 Å². The quantitative estimate of drug-likeness (QED) is 0.218. The fraction of sp³-hybridized carbons (Fsp3) is 1.00. The molecule has 0 amide bonds. The third kappa shape index (κ3) is 9.88. The van der Waals surface area contributed by atoms with Crippen LogP contribution in [0, 0.1) is 0 Å². The molecule has 2 atom stereocenters. The summed E-state index contributed by atoms with van der Waals surface area (Å²) in [5.41, 5.74) is 0.493. The van der Waals surface area contributed by atoms with Crippen molar-refractivity contribution < 1.29 is 26.6 Å². The van der Waals surface area contributed by atoms with Crippen molar-refractivity contribution in [1.29, 1.82) is 0 Å². The molecule has 0 aromatic rings. The first-order valence-corrected chi connectivity index (χ1v) is 15.1. The summed E-state index contributed by atoms with van der Waals surface area (Å²) in [5, 5.41) is 3.56.